The maximum absolute atomic E-state index is 14.2. The quantitative estimate of drug-likeness (QED) is 0.367. The monoisotopic (exact) mass is 607 g/mol. The van der Waals surface area contributed by atoms with Gasteiger partial charge in [-0.2, -0.15) is 26.3 Å². The zero-order valence-electron chi connectivity index (χ0n) is 22.6. The van der Waals surface area contributed by atoms with Crippen LogP contribution in [0.25, 0.3) is 11.1 Å². The van der Waals surface area contributed by atoms with Crippen molar-refractivity contribution in [2.24, 2.45) is 5.92 Å². The third-order valence-corrected chi connectivity index (χ3v) is 7.85. The molecule has 2 aromatic carbocycles. The summed E-state index contributed by atoms with van der Waals surface area (Å²) in [4.78, 5) is 25.5. The minimum Gasteiger partial charge on any atom is -0.343 e. The molecule has 1 saturated heterocycles. The van der Waals surface area contributed by atoms with Crippen LogP contribution in [-0.2, 0) is 19.4 Å². The van der Waals surface area contributed by atoms with Gasteiger partial charge in [0.2, 0.25) is 5.91 Å². The fourth-order valence-electron chi connectivity index (χ4n) is 4.64. The Morgan fingerprint density at radius 2 is 1.46 bits per heavy atom. The Bertz CT molecular complexity index is 1340. The van der Waals surface area contributed by atoms with E-state index in [1.807, 2.05) is 0 Å². The maximum Gasteiger partial charge on any atom is 0.410 e. The predicted molar refractivity (Wildman–Crippen MR) is 140 cm³/mol. The highest BCUT2D eigenvalue weighted by Crippen LogP contribution is 2.35. The van der Waals surface area contributed by atoms with Gasteiger partial charge in [0, 0.05) is 12.3 Å². The topological polar surface area (TPSA) is 104 Å². The molecule has 1 aliphatic heterocycles. The Labute approximate surface area is 234 Å². The molecule has 0 bridgehead atoms. The van der Waals surface area contributed by atoms with E-state index in [2.05, 4.69) is 16.0 Å². The summed E-state index contributed by atoms with van der Waals surface area (Å²) in [5, 5.41) is 6.61. The van der Waals surface area contributed by atoms with E-state index >= 15 is 0 Å². The fourth-order valence-corrected chi connectivity index (χ4v) is 5.27. The van der Waals surface area contributed by atoms with E-state index in [1.54, 1.807) is 13.8 Å². The number of hydrogen-bond acceptors (Lipinski definition) is 6. The Morgan fingerprint density at radius 3 is 1.88 bits per heavy atom. The zero-order valence-corrected chi connectivity index (χ0v) is 23.4. The molecular formula is C27H31F6N3O4S. The largest absolute Gasteiger partial charge is 0.410 e. The molecule has 1 aliphatic rings. The molecule has 14 heteroatoms. The van der Waals surface area contributed by atoms with Gasteiger partial charge in [-0.3, -0.25) is 20.2 Å². The van der Waals surface area contributed by atoms with Crippen LogP contribution >= 0.6 is 0 Å². The minimum atomic E-state index is -4.89. The van der Waals surface area contributed by atoms with Crippen molar-refractivity contribution in [2.45, 2.75) is 74.6 Å². The number of halogens is 6. The SMILES string of the molecule is CC(C)C[C@H](N[C@@H](c1ccc(-c2ccc(S(C)(=O)=O)cc2)cc1)C(F)(F)F)C(=O)N[C@@H]1C(=O)C(C(F)(F)F)NC1C. The van der Waals surface area contributed by atoms with Crippen LogP contribution in [0.3, 0.4) is 0 Å². The molecule has 0 radical (unpaired) electrons. The summed E-state index contributed by atoms with van der Waals surface area (Å²) >= 11 is 0. The molecule has 41 heavy (non-hydrogen) atoms. The highest BCUT2D eigenvalue weighted by atomic mass is 32.2. The van der Waals surface area contributed by atoms with Crippen LogP contribution in [0, 0.1) is 5.92 Å². The van der Waals surface area contributed by atoms with Gasteiger partial charge in [0.1, 0.15) is 12.1 Å². The first kappa shape index (κ1) is 32.5. The normalized spacial score (nSPS) is 21.6. The number of Topliss-reactive ketones (excluding diaryl/α,β-unsaturated/α-hetero) is 1. The first-order valence-electron chi connectivity index (χ1n) is 12.7. The van der Waals surface area contributed by atoms with Crippen molar-refractivity contribution >= 4 is 21.5 Å². The number of sulfone groups is 1. The molecule has 0 aliphatic carbocycles. The summed E-state index contributed by atoms with van der Waals surface area (Å²) in [5.41, 5.74) is 0.866. The lowest BCUT2D eigenvalue weighted by Gasteiger charge is -2.29. The molecule has 1 heterocycles. The number of rotatable bonds is 9. The van der Waals surface area contributed by atoms with Gasteiger partial charge in [0.15, 0.2) is 21.7 Å². The van der Waals surface area contributed by atoms with Crippen molar-refractivity contribution < 1.29 is 44.3 Å². The van der Waals surface area contributed by atoms with Crippen molar-refractivity contribution in [3.8, 4) is 11.1 Å². The standard InChI is InChI=1S/C27H31F6N3O4S/c1-14(2)13-20(25(38)36-21-15(3)34-24(22(21)37)27(31,32)33)35-23(26(28,29)30)18-7-5-16(6-8-18)17-9-11-19(12-10-17)41(4,39)40/h5-12,14-15,20-21,23-24,34-35H,13H2,1-4H3,(H,36,38)/t15?,20-,21-,23-,24?/m0/s1. The van der Waals surface area contributed by atoms with Gasteiger partial charge < -0.3 is 5.32 Å². The molecule has 5 atom stereocenters. The van der Waals surface area contributed by atoms with Crippen LogP contribution in [-0.4, -0.2) is 62.9 Å². The predicted octanol–water partition coefficient (Wildman–Crippen LogP) is 4.34. The molecular weight excluding hydrogens is 576 g/mol. The van der Waals surface area contributed by atoms with Crippen LogP contribution in [0.4, 0.5) is 26.3 Å². The van der Waals surface area contributed by atoms with Crippen molar-refractivity contribution in [1.29, 1.82) is 0 Å². The van der Waals surface area contributed by atoms with Crippen LogP contribution in [0.2, 0.25) is 0 Å². The Hall–Kier alpha value is -2.97. The molecule has 3 rings (SSSR count). The van der Waals surface area contributed by atoms with E-state index in [0.29, 0.717) is 11.1 Å². The van der Waals surface area contributed by atoms with E-state index in [1.165, 1.54) is 55.5 Å². The lowest BCUT2D eigenvalue weighted by Crippen LogP contribution is -2.54. The molecule has 0 saturated carbocycles. The lowest BCUT2D eigenvalue weighted by molar-refractivity contribution is -0.164. The number of carbonyl (C=O) groups excluding carboxylic acids is 2. The summed E-state index contributed by atoms with van der Waals surface area (Å²) in [7, 11) is -3.42. The number of amides is 1. The number of carbonyl (C=O) groups is 2. The van der Waals surface area contributed by atoms with Gasteiger partial charge in [-0.1, -0.05) is 50.2 Å². The molecule has 2 aromatic rings. The third-order valence-electron chi connectivity index (χ3n) is 6.72. The van der Waals surface area contributed by atoms with E-state index < -0.39 is 64.1 Å². The van der Waals surface area contributed by atoms with E-state index in [-0.39, 0.29) is 22.8 Å². The molecule has 2 unspecified atom stereocenters. The van der Waals surface area contributed by atoms with E-state index in [9.17, 15) is 44.3 Å². The number of hydrogen-bond donors (Lipinski definition) is 3. The summed E-state index contributed by atoms with van der Waals surface area (Å²) in [5.74, 6) is -2.61. The molecule has 3 N–H and O–H groups in total. The van der Waals surface area contributed by atoms with Gasteiger partial charge in [-0.25, -0.2) is 8.42 Å². The number of alkyl halides is 6. The van der Waals surface area contributed by atoms with Gasteiger partial charge in [0.05, 0.1) is 10.9 Å². The van der Waals surface area contributed by atoms with Gasteiger partial charge in [-0.05, 0) is 48.1 Å². The number of benzene rings is 2. The van der Waals surface area contributed by atoms with E-state index in [0.717, 1.165) is 6.26 Å². The molecule has 0 spiro atoms. The van der Waals surface area contributed by atoms with Crippen molar-refractivity contribution in [3.05, 3.63) is 54.1 Å². The summed E-state index contributed by atoms with van der Waals surface area (Å²) in [6.07, 6.45) is -8.78. The summed E-state index contributed by atoms with van der Waals surface area (Å²) in [6.45, 7) is 4.60. The second kappa shape index (κ2) is 12.1. The summed E-state index contributed by atoms with van der Waals surface area (Å²) < 4.78 is 105. The lowest BCUT2D eigenvalue weighted by atomic mass is 9.97. The Morgan fingerprint density at radius 1 is 0.951 bits per heavy atom. The first-order chi connectivity index (χ1) is 18.8. The third kappa shape index (κ3) is 8.07. The highest BCUT2D eigenvalue weighted by Gasteiger charge is 2.54. The van der Waals surface area contributed by atoms with Gasteiger partial charge in [0.25, 0.3) is 0 Å². The summed E-state index contributed by atoms with van der Waals surface area (Å²) in [6, 6.07) is 2.18. The molecule has 226 valence electrons. The van der Waals surface area contributed by atoms with Crippen LogP contribution in [0.15, 0.2) is 53.4 Å². The highest BCUT2D eigenvalue weighted by molar-refractivity contribution is 7.90. The second-order valence-corrected chi connectivity index (χ2v) is 12.6. The maximum atomic E-state index is 14.2. The van der Waals surface area contributed by atoms with Crippen LogP contribution in [0.1, 0.15) is 38.8 Å². The number of ketones is 1. The molecule has 7 nitrogen and oxygen atoms in total. The Balaban J connectivity index is 1.84. The molecule has 1 fully saturated rings. The van der Waals surface area contributed by atoms with Gasteiger partial charge >= 0.3 is 12.4 Å². The van der Waals surface area contributed by atoms with Crippen molar-refractivity contribution in [3.63, 3.8) is 0 Å². The average Bonchev–Trinajstić information content (AvgIpc) is 3.14. The second-order valence-electron chi connectivity index (χ2n) is 10.6. The van der Waals surface area contributed by atoms with E-state index in [4.69, 9.17) is 0 Å². The minimum absolute atomic E-state index is 0.0887. The van der Waals surface area contributed by atoms with Crippen molar-refractivity contribution in [1.82, 2.24) is 16.0 Å². The zero-order chi connectivity index (χ0) is 30.9. The Kier molecular flexibility index (Phi) is 9.60. The first-order valence-corrected chi connectivity index (χ1v) is 14.6. The van der Waals surface area contributed by atoms with Crippen molar-refractivity contribution in [2.75, 3.05) is 6.26 Å². The van der Waals surface area contributed by atoms with Gasteiger partial charge in [-0.15, -0.1) is 0 Å². The fraction of sp³-hybridized carbons (Fsp3) is 0.481. The molecule has 1 amide bonds. The number of nitrogens with one attached hydrogen (secondary N) is 3. The van der Waals surface area contributed by atoms with Crippen LogP contribution < -0.4 is 16.0 Å². The average molecular weight is 608 g/mol. The van der Waals surface area contributed by atoms with Crippen LogP contribution in [0.5, 0.6) is 0 Å². The molecule has 0 aromatic heterocycles. The smallest absolute Gasteiger partial charge is 0.343 e.